The molecule has 2 aromatic rings. The van der Waals surface area contributed by atoms with Crippen molar-refractivity contribution in [3.05, 3.63) is 32.2 Å². The summed E-state index contributed by atoms with van der Waals surface area (Å²) >= 11 is 1.29. The zero-order valence-corrected chi connectivity index (χ0v) is 19.2. The average molecular weight is 448 g/mol. The number of nitrogens with two attached hydrogens (primary N) is 1. The van der Waals surface area contributed by atoms with Crippen LogP contribution >= 0.6 is 36.2 Å². The van der Waals surface area contributed by atoms with Crippen molar-refractivity contribution in [1.29, 1.82) is 0 Å². The van der Waals surface area contributed by atoms with Gasteiger partial charge in [0, 0.05) is 20.1 Å². The fourth-order valence-corrected chi connectivity index (χ4v) is 4.44. The van der Waals surface area contributed by atoms with Crippen molar-refractivity contribution in [2.24, 2.45) is 18.2 Å². The first kappa shape index (κ1) is 24.6. The highest BCUT2D eigenvalue weighted by atomic mass is 35.5. The van der Waals surface area contributed by atoms with Crippen molar-refractivity contribution >= 4 is 42.1 Å². The number of amides is 1. The lowest BCUT2D eigenvalue weighted by Crippen LogP contribution is -2.34. The van der Waals surface area contributed by atoms with E-state index in [1.54, 1.807) is 7.05 Å². The van der Waals surface area contributed by atoms with Crippen LogP contribution in [0.3, 0.4) is 0 Å². The highest BCUT2D eigenvalue weighted by Crippen LogP contribution is 2.33. The van der Waals surface area contributed by atoms with Crippen LogP contribution in [0.4, 0.5) is 0 Å². The molecule has 1 amide bonds. The summed E-state index contributed by atoms with van der Waals surface area (Å²) in [6.45, 7) is 9.58. The molecule has 1 unspecified atom stereocenters. The largest absolute Gasteiger partial charge is 0.337 e. The summed E-state index contributed by atoms with van der Waals surface area (Å²) < 4.78 is 1.32. The van der Waals surface area contributed by atoms with Gasteiger partial charge in [0.1, 0.15) is 9.88 Å². The second kappa shape index (κ2) is 8.90. The highest BCUT2D eigenvalue weighted by molar-refractivity contribution is 7.17. The first-order chi connectivity index (χ1) is 12.2. The van der Waals surface area contributed by atoms with Crippen LogP contribution in [-0.4, -0.2) is 45.2 Å². The van der Waals surface area contributed by atoms with Gasteiger partial charge in [-0.15, -0.1) is 36.2 Å². The van der Waals surface area contributed by atoms with E-state index in [0.29, 0.717) is 40.8 Å². The molecule has 1 aliphatic heterocycles. The minimum atomic E-state index is -0.197. The number of thiazole rings is 1. The van der Waals surface area contributed by atoms with E-state index in [0.717, 1.165) is 17.7 Å². The molecule has 3 heterocycles. The van der Waals surface area contributed by atoms with Gasteiger partial charge < -0.3 is 10.6 Å². The lowest BCUT2D eigenvalue weighted by atomic mass is 9.90. The molecular weight excluding hydrogens is 421 g/mol. The lowest BCUT2D eigenvalue weighted by Gasteiger charge is -2.22. The number of aromatic nitrogens is 3. The molecule has 0 aromatic carbocycles. The topological polar surface area (TPSA) is 94.1 Å². The Balaban J connectivity index is 0.00000196. The number of likely N-dealkylation sites (tertiary alicyclic amines) is 1. The predicted molar refractivity (Wildman–Crippen MR) is 117 cm³/mol. The first-order valence-electron chi connectivity index (χ1n) is 8.68. The van der Waals surface area contributed by atoms with Crippen molar-refractivity contribution in [1.82, 2.24) is 19.7 Å². The summed E-state index contributed by atoms with van der Waals surface area (Å²) in [6.07, 6.45) is 0.906. The predicted octanol–water partition coefficient (Wildman–Crippen LogP) is 2.48. The zero-order valence-electron chi connectivity index (χ0n) is 16.7. The highest BCUT2D eigenvalue weighted by Gasteiger charge is 2.36. The molecule has 1 aliphatic rings. The standard InChI is InChI=1S/C18H25N5O2S.2ClH/c1-10-11(2)21-22(5)16(24)13(10)15-20-12(3)14(26-15)17(25)23-7-6-18(4,8-19)9-23;;/h6-9,19H2,1-5H3;2*1H. The Kier molecular flexibility index (Phi) is 7.81. The summed E-state index contributed by atoms with van der Waals surface area (Å²) in [5, 5.41) is 4.78. The number of hydrogen-bond donors (Lipinski definition) is 1. The SMILES string of the molecule is Cc1nc(-c2c(C)c(C)nn(C)c2=O)sc1C(=O)N1CCC(C)(CN)C1.Cl.Cl. The van der Waals surface area contributed by atoms with E-state index in [1.807, 2.05) is 25.7 Å². The van der Waals surface area contributed by atoms with Crippen molar-refractivity contribution in [3.63, 3.8) is 0 Å². The number of halogens is 2. The van der Waals surface area contributed by atoms with Gasteiger partial charge in [0.05, 0.1) is 17.0 Å². The molecule has 2 N–H and O–H groups in total. The number of carbonyl (C=O) groups is 1. The average Bonchev–Trinajstić information content (AvgIpc) is 3.17. The molecule has 10 heteroatoms. The van der Waals surface area contributed by atoms with Gasteiger partial charge in [0.2, 0.25) is 0 Å². The Hall–Kier alpha value is -1.48. The van der Waals surface area contributed by atoms with Gasteiger partial charge in [0.15, 0.2) is 0 Å². The van der Waals surface area contributed by atoms with Crippen molar-refractivity contribution in [2.75, 3.05) is 19.6 Å². The van der Waals surface area contributed by atoms with Gasteiger partial charge in [-0.1, -0.05) is 6.92 Å². The van der Waals surface area contributed by atoms with Gasteiger partial charge in [-0.3, -0.25) is 9.59 Å². The van der Waals surface area contributed by atoms with Crippen LogP contribution in [0.1, 0.15) is 40.0 Å². The van der Waals surface area contributed by atoms with E-state index in [-0.39, 0.29) is 41.7 Å². The Bertz CT molecular complexity index is 943. The van der Waals surface area contributed by atoms with E-state index in [1.165, 1.54) is 16.0 Å². The molecule has 0 spiro atoms. The molecule has 3 rings (SSSR count). The first-order valence-corrected chi connectivity index (χ1v) is 9.50. The minimum Gasteiger partial charge on any atom is -0.337 e. The fourth-order valence-electron chi connectivity index (χ4n) is 3.31. The molecule has 0 aliphatic carbocycles. The summed E-state index contributed by atoms with van der Waals surface area (Å²) in [6, 6.07) is 0. The molecular formula is C18H27Cl2N5O2S. The maximum absolute atomic E-state index is 13.0. The third kappa shape index (κ3) is 4.25. The number of hydrogen-bond acceptors (Lipinski definition) is 6. The van der Waals surface area contributed by atoms with Crippen LogP contribution in [0.2, 0.25) is 0 Å². The molecule has 2 aromatic heterocycles. The van der Waals surface area contributed by atoms with Gasteiger partial charge in [-0.25, -0.2) is 9.67 Å². The van der Waals surface area contributed by atoms with Crippen LogP contribution in [0, 0.1) is 26.2 Å². The van der Waals surface area contributed by atoms with Crippen LogP contribution in [0.25, 0.3) is 10.6 Å². The van der Waals surface area contributed by atoms with E-state index in [2.05, 4.69) is 17.0 Å². The van der Waals surface area contributed by atoms with Gasteiger partial charge in [0.25, 0.3) is 11.5 Å². The second-order valence-electron chi connectivity index (χ2n) is 7.44. The maximum Gasteiger partial charge on any atom is 0.277 e. The smallest absolute Gasteiger partial charge is 0.277 e. The van der Waals surface area contributed by atoms with E-state index < -0.39 is 0 Å². The van der Waals surface area contributed by atoms with E-state index in [4.69, 9.17) is 5.73 Å². The second-order valence-corrected chi connectivity index (χ2v) is 8.44. The third-order valence-electron chi connectivity index (χ3n) is 5.27. The van der Waals surface area contributed by atoms with E-state index >= 15 is 0 Å². The Morgan fingerprint density at radius 1 is 1.25 bits per heavy atom. The van der Waals surface area contributed by atoms with E-state index in [9.17, 15) is 9.59 Å². The monoisotopic (exact) mass is 447 g/mol. The van der Waals surface area contributed by atoms with Crippen LogP contribution in [0.5, 0.6) is 0 Å². The fraction of sp³-hybridized carbons (Fsp3) is 0.556. The summed E-state index contributed by atoms with van der Waals surface area (Å²) in [7, 11) is 1.63. The zero-order chi connectivity index (χ0) is 19.2. The molecule has 0 saturated carbocycles. The third-order valence-corrected chi connectivity index (χ3v) is 6.43. The maximum atomic E-state index is 13.0. The van der Waals surface area contributed by atoms with Gasteiger partial charge >= 0.3 is 0 Å². The van der Waals surface area contributed by atoms with Crippen molar-refractivity contribution in [2.45, 2.75) is 34.1 Å². The molecule has 1 saturated heterocycles. The van der Waals surface area contributed by atoms with Crippen LogP contribution in [-0.2, 0) is 7.05 Å². The molecule has 0 radical (unpaired) electrons. The Morgan fingerprint density at radius 2 is 1.89 bits per heavy atom. The molecule has 0 bridgehead atoms. The number of rotatable bonds is 3. The number of nitrogens with zero attached hydrogens (tertiary/aromatic N) is 4. The number of aryl methyl sites for hydroxylation is 3. The Labute approximate surface area is 181 Å². The molecule has 7 nitrogen and oxygen atoms in total. The van der Waals surface area contributed by atoms with Crippen LogP contribution in [0.15, 0.2) is 4.79 Å². The summed E-state index contributed by atoms with van der Waals surface area (Å²) in [5.74, 6) is -0.0244. The summed E-state index contributed by atoms with van der Waals surface area (Å²) in [4.78, 5) is 32.5. The minimum absolute atomic E-state index is 0. The van der Waals surface area contributed by atoms with Gasteiger partial charge in [-0.05, 0) is 44.7 Å². The Morgan fingerprint density at radius 3 is 2.46 bits per heavy atom. The number of carbonyl (C=O) groups excluding carboxylic acids is 1. The van der Waals surface area contributed by atoms with Crippen molar-refractivity contribution in [3.8, 4) is 10.6 Å². The molecule has 1 fully saturated rings. The van der Waals surface area contributed by atoms with Crippen LogP contribution < -0.4 is 11.3 Å². The van der Waals surface area contributed by atoms with Gasteiger partial charge in [-0.2, -0.15) is 5.10 Å². The normalized spacial score (nSPS) is 18.6. The van der Waals surface area contributed by atoms with Crippen molar-refractivity contribution < 1.29 is 4.79 Å². The molecule has 28 heavy (non-hydrogen) atoms. The molecule has 1 atom stereocenters. The quantitative estimate of drug-likeness (QED) is 0.779. The summed E-state index contributed by atoms with van der Waals surface area (Å²) in [5.41, 5.74) is 8.40. The lowest BCUT2D eigenvalue weighted by molar-refractivity contribution is 0.0780. The molecule has 156 valence electrons.